The number of hydrogen-bond donors (Lipinski definition) is 2. The first-order valence-corrected chi connectivity index (χ1v) is 6.92. The first kappa shape index (κ1) is 13.6. The van der Waals surface area contributed by atoms with Crippen LogP contribution in [0.1, 0.15) is 16.5 Å². The van der Waals surface area contributed by atoms with E-state index in [9.17, 15) is 8.78 Å². The van der Waals surface area contributed by atoms with Gasteiger partial charge in [0.15, 0.2) is 11.6 Å². The second-order valence-corrected chi connectivity index (χ2v) is 5.59. The molecule has 0 aliphatic heterocycles. The van der Waals surface area contributed by atoms with Crippen molar-refractivity contribution < 1.29 is 8.78 Å². The molecule has 0 aliphatic rings. The van der Waals surface area contributed by atoms with Crippen LogP contribution in [0.5, 0.6) is 0 Å². The Morgan fingerprint density at radius 1 is 1.33 bits per heavy atom. The lowest BCUT2D eigenvalue weighted by Gasteiger charge is -2.17. The molecule has 0 radical (unpaired) electrons. The molecule has 96 valence electrons. The molecular weight excluding hydrogens is 322 g/mol. The van der Waals surface area contributed by atoms with Gasteiger partial charge < -0.3 is 0 Å². The molecular formula is C12H11BrF2N2S. The van der Waals surface area contributed by atoms with E-state index in [1.807, 2.05) is 17.5 Å². The molecule has 2 aromatic rings. The average Bonchev–Trinajstić information content (AvgIpc) is 2.87. The molecule has 0 bridgehead atoms. The van der Waals surface area contributed by atoms with Gasteiger partial charge in [-0.05, 0) is 39.0 Å². The minimum absolute atomic E-state index is 0.113. The molecule has 0 saturated heterocycles. The van der Waals surface area contributed by atoms with Crippen LogP contribution in [0.15, 0.2) is 34.1 Å². The zero-order valence-electron chi connectivity index (χ0n) is 9.29. The van der Waals surface area contributed by atoms with E-state index in [4.69, 9.17) is 5.84 Å². The monoisotopic (exact) mass is 332 g/mol. The Balaban J connectivity index is 2.30. The van der Waals surface area contributed by atoms with Gasteiger partial charge >= 0.3 is 0 Å². The summed E-state index contributed by atoms with van der Waals surface area (Å²) in [5, 5.41) is 1.96. The lowest BCUT2D eigenvalue weighted by atomic mass is 10.0. The minimum Gasteiger partial charge on any atom is -0.271 e. The second kappa shape index (κ2) is 5.88. The van der Waals surface area contributed by atoms with Crippen LogP contribution >= 0.6 is 27.3 Å². The summed E-state index contributed by atoms with van der Waals surface area (Å²) in [4.78, 5) is 1.12. The summed E-state index contributed by atoms with van der Waals surface area (Å²) in [6.45, 7) is 0. The van der Waals surface area contributed by atoms with Crippen LogP contribution in [-0.2, 0) is 6.42 Å². The quantitative estimate of drug-likeness (QED) is 0.510. The summed E-state index contributed by atoms with van der Waals surface area (Å²) in [5.74, 6) is 3.73. The standard InChI is InChI=1S/C12H11BrF2N2S/c13-11-8(3-4-9(14)12(11)15)10(17-16)6-7-2-1-5-18-7/h1-5,10,17H,6,16H2. The van der Waals surface area contributed by atoms with Crippen LogP contribution in [-0.4, -0.2) is 0 Å². The van der Waals surface area contributed by atoms with Crippen LogP contribution in [0, 0.1) is 11.6 Å². The molecule has 3 N–H and O–H groups in total. The highest BCUT2D eigenvalue weighted by atomic mass is 79.9. The smallest absolute Gasteiger partial charge is 0.173 e. The van der Waals surface area contributed by atoms with Crippen molar-refractivity contribution in [1.82, 2.24) is 5.43 Å². The number of rotatable bonds is 4. The highest BCUT2D eigenvalue weighted by Gasteiger charge is 2.18. The second-order valence-electron chi connectivity index (χ2n) is 3.77. The maximum Gasteiger partial charge on any atom is 0.173 e. The first-order valence-electron chi connectivity index (χ1n) is 5.25. The highest BCUT2D eigenvalue weighted by molar-refractivity contribution is 9.10. The molecule has 6 heteroatoms. The van der Waals surface area contributed by atoms with E-state index in [0.717, 1.165) is 10.9 Å². The number of hydrogen-bond acceptors (Lipinski definition) is 3. The molecule has 0 saturated carbocycles. The van der Waals surface area contributed by atoms with Crippen LogP contribution in [0.4, 0.5) is 8.78 Å². The molecule has 2 nitrogen and oxygen atoms in total. The zero-order chi connectivity index (χ0) is 13.1. The van der Waals surface area contributed by atoms with Crippen molar-refractivity contribution in [3.8, 4) is 0 Å². The van der Waals surface area contributed by atoms with Gasteiger partial charge in [-0.3, -0.25) is 11.3 Å². The van der Waals surface area contributed by atoms with Crippen molar-refractivity contribution >= 4 is 27.3 Å². The SMILES string of the molecule is NNC(Cc1cccs1)c1ccc(F)c(F)c1Br. The maximum atomic E-state index is 13.5. The van der Waals surface area contributed by atoms with E-state index < -0.39 is 11.6 Å². The molecule has 0 fully saturated rings. The van der Waals surface area contributed by atoms with Gasteiger partial charge in [0.25, 0.3) is 0 Å². The van der Waals surface area contributed by atoms with Crippen molar-refractivity contribution in [3.05, 3.63) is 56.2 Å². The predicted octanol–water partition coefficient (Wildman–Crippen LogP) is 3.54. The molecule has 1 heterocycles. The largest absolute Gasteiger partial charge is 0.271 e. The summed E-state index contributed by atoms with van der Waals surface area (Å²) in [6, 6.07) is 6.28. The molecule has 0 aliphatic carbocycles. The Hall–Kier alpha value is -0.820. The van der Waals surface area contributed by atoms with Gasteiger partial charge in [0.2, 0.25) is 0 Å². The van der Waals surface area contributed by atoms with Crippen LogP contribution in [0.25, 0.3) is 0 Å². The van der Waals surface area contributed by atoms with Crippen molar-refractivity contribution in [1.29, 1.82) is 0 Å². The molecule has 1 unspecified atom stereocenters. The van der Waals surface area contributed by atoms with Gasteiger partial charge in [-0.25, -0.2) is 8.78 Å². The lowest BCUT2D eigenvalue weighted by Crippen LogP contribution is -2.29. The van der Waals surface area contributed by atoms with Gasteiger partial charge in [-0.15, -0.1) is 11.3 Å². The highest BCUT2D eigenvalue weighted by Crippen LogP contribution is 2.30. The van der Waals surface area contributed by atoms with E-state index in [0.29, 0.717) is 12.0 Å². The Labute approximate surface area is 116 Å². The average molecular weight is 333 g/mol. The summed E-state index contributed by atoms with van der Waals surface area (Å²) >= 11 is 4.67. The van der Waals surface area contributed by atoms with Gasteiger partial charge in [0, 0.05) is 11.3 Å². The number of nitrogens with one attached hydrogen (secondary N) is 1. The normalized spacial score (nSPS) is 12.7. The third-order valence-corrected chi connectivity index (χ3v) is 4.33. The molecule has 1 aromatic heterocycles. The third-order valence-electron chi connectivity index (χ3n) is 2.63. The Morgan fingerprint density at radius 2 is 2.11 bits per heavy atom. The molecule has 1 aromatic carbocycles. The van der Waals surface area contributed by atoms with Crippen molar-refractivity contribution in [3.63, 3.8) is 0 Å². The molecule has 2 rings (SSSR count). The van der Waals surface area contributed by atoms with Crippen molar-refractivity contribution in [2.75, 3.05) is 0 Å². The summed E-state index contributed by atoms with van der Waals surface area (Å²) in [7, 11) is 0. The topological polar surface area (TPSA) is 38.0 Å². The fraction of sp³-hybridized carbons (Fsp3) is 0.167. The van der Waals surface area contributed by atoms with E-state index in [1.54, 1.807) is 11.3 Å². The zero-order valence-corrected chi connectivity index (χ0v) is 11.7. The lowest BCUT2D eigenvalue weighted by molar-refractivity contribution is 0.492. The van der Waals surface area contributed by atoms with E-state index in [2.05, 4.69) is 21.4 Å². The van der Waals surface area contributed by atoms with E-state index in [-0.39, 0.29) is 10.5 Å². The van der Waals surface area contributed by atoms with E-state index >= 15 is 0 Å². The van der Waals surface area contributed by atoms with Crippen LogP contribution < -0.4 is 11.3 Å². The van der Waals surface area contributed by atoms with Gasteiger partial charge in [-0.1, -0.05) is 12.1 Å². The predicted molar refractivity (Wildman–Crippen MR) is 72.1 cm³/mol. The number of halogens is 3. The maximum absolute atomic E-state index is 13.5. The summed E-state index contributed by atoms with van der Waals surface area (Å²) in [6.07, 6.45) is 0.623. The molecule has 0 spiro atoms. The van der Waals surface area contributed by atoms with Crippen LogP contribution in [0.2, 0.25) is 0 Å². The van der Waals surface area contributed by atoms with Crippen molar-refractivity contribution in [2.45, 2.75) is 12.5 Å². The third kappa shape index (κ3) is 2.77. The van der Waals surface area contributed by atoms with Gasteiger partial charge in [0.1, 0.15) is 0 Å². The number of nitrogens with two attached hydrogens (primary N) is 1. The summed E-state index contributed by atoms with van der Waals surface area (Å²) < 4.78 is 26.6. The molecule has 1 atom stereocenters. The fourth-order valence-electron chi connectivity index (χ4n) is 1.70. The molecule has 18 heavy (non-hydrogen) atoms. The Kier molecular flexibility index (Phi) is 4.45. The van der Waals surface area contributed by atoms with Crippen LogP contribution in [0.3, 0.4) is 0 Å². The van der Waals surface area contributed by atoms with Gasteiger partial charge in [0.05, 0.1) is 10.5 Å². The number of hydrazine groups is 1. The number of benzene rings is 1. The van der Waals surface area contributed by atoms with Crippen molar-refractivity contribution in [2.24, 2.45) is 5.84 Å². The number of thiophene rings is 1. The van der Waals surface area contributed by atoms with Gasteiger partial charge in [-0.2, -0.15) is 0 Å². The Morgan fingerprint density at radius 3 is 2.72 bits per heavy atom. The fourth-order valence-corrected chi connectivity index (χ4v) is 3.05. The minimum atomic E-state index is -0.890. The molecule has 0 amide bonds. The first-order chi connectivity index (χ1) is 8.63. The Bertz CT molecular complexity index is 531. The summed E-state index contributed by atoms with van der Waals surface area (Å²) in [5.41, 5.74) is 3.23. The van der Waals surface area contributed by atoms with E-state index in [1.165, 1.54) is 6.07 Å².